The third-order valence-corrected chi connectivity index (χ3v) is 5.62. The van der Waals surface area contributed by atoms with Crippen molar-refractivity contribution in [3.8, 4) is 0 Å². The Kier molecular flexibility index (Phi) is 4.49. The predicted octanol–water partition coefficient (Wildman–Crippen LogP) is 4.93. The van der Waals surface area contributed by atoms with E-state index in [2.05, 4.69) is 10.8 Å². The molecule has 0 radical (unpaired) electrons. The summed E-state index contributed by atoms with van der Waals surface area (Å²) in [6, 6.07) is 6.49. The monoisotopic (exact) mass is 328 g/mol. The Morgan fingerprint density at radius 2 is 2.25 bits per heavy atom. The maximum absolute atomic E-state index is 6.17. The number of imidazole rings is 1. The quantitative estimate of drug-likeness (QED) is 0.740. The Labute approximate surface area is 133 Å². The SMILES string of the molecule is CSC1CCC(n2c(CCCl)nc3ccc(Cl)cc32)C1. The molecule has 5 heteroatoms. The lowest BCUT2D eigenvalue weighted by Gasteiger charge is -2.17. The van der Waals surface area contributed by atoms with Crippen molar-refractivity contribution in [3.63, 3.8) is 0 Å². The van der Waals surface area contributed by atoms with Crippen LogP contribution >= 0.6 is 35.0 Å². The van der Waals surface area contributed by atoms with Crippen molar-refractivity contribution >= 4 is 46.0 Å². The zero-order valence-corrected chi connectivity index (χ0v) is 13.8. The molecule has 2 unspecified atom stereocenters. The minimum atomic E-state index is 0.536. The van der Waals surface area contributed by atoms with Crippen molar-refractivity contribution < 1.29 is 0 Å². The minimum absolute atomic E-state index is 0.536. The van der Waals surface area contributed by atoms with Gasteiger partial charge in [0.15, 0.2) is 0 Å². The summed E-state index contributed by atoms with van der Waals surface area (Å²) in [4.78, 5) is 4.75. The molecule has 1 saturated carbocycles. The molecule has 0 spiro atoms. The van der Waals surface area contributed by atoms with Crippen LogP contribution in [-0.4, -0.2) is 26.9 Å². The molecule has 108 valence electrons. The number of hydrogen-bond donors (Lipinski definition) is 0. The molecule has 1 aliphatic rings. The third-order valence-electron chi connectivity index (χ3n) is 4.10. The maximum atomic E-state index is 6.17. The summed E-state index contributed by atoms with van der Waals surface area (Å²) in [7, 11) is 0. The number of alkyl halides is 1. The molecule has 0 amide bonds. The van der Waals surface area contributed by atoms with Gasteiger partial charge in [-0.05, 0) is 43.7 Å². The summed E-state index contributed by atoms with van der Waals surface area (Å²) >= 11 is 14.1. The average Bonchev–Trinajstić information content (AvgIpc) is 3.02. The molecule has 1 fully saturated rings. The first-order chi connectivity index (χ1) is 9.72. The second kappa shape index (κ2) is 6.17. The van der Waals surface area contributed by atoms with Crippen LogP contribution in [0, 0.1) is 0 Å². The summed E-state index contributed by atoms with van der Waals surface area (Å²) < 4.78 is 2.39. The molecular formula is C15H18Cl2N2S. The van der Waals surface area contributed by atoms with E-state index in [9.17, 15) is 0 Å². The lowest BCUT2D eigenvalue weighted by atomic mass is 10.2. The van der Waals surface area contributed by atoms with Crippen LogP contribution < -0.4 is 0 Å². The van der Waals surface area contributed by atoms with Crippen LogP contribution in [0.2, 0.25) is 5.02 Å². The van der Waals surface area contributed by atoms with Gasteiger partial charge in [-0.3, -0.25) is 0 Å². The Morgan fingerprint density at radius 3 is 2.95 bits per heavy atom. The first kappa shape index (κ1) is 14.6. The van der Waals surface area contributed by atoms with E-state index in [1.54, 1.807) is 0 Å². The van der Waals surface area contributed by atoms with Crippen molar-refractivity contribution in [2.75, 3.05) is 12.1 Å². The molecule has 20 heavy (non-hydrogen) atoms. The second-order valence-corrected chi connectivity index (χ2v) is 7.25. The third kappa shape index (κ3) is 2.68. The highest BCUT2D eigenvalue weighted by atomic mass is 35.5. The molecular weight excluding hydrogens is 311 g/mol. The molecule has 0 saturated heterocycles. The zero-order valence-electron chi connectivity index (χ0n) is 11.5. The Balaban J connectivity index is 2.06. The number of aryl methyl sites for hydroxylation is 1. The Bertz CT molecular complexity index is 611. The predicted molar refractivity (Wildman–Crippen MR) is 89.4 cm³/mol. The molecule has 1 aromatic heterocycles. The molecule has 1 aliphatic carbocycles. The number of nitrogens with zero attached hydrogens (tertiary/aromatic N) is 2. The van der Waals surface area contributed by atoms with Gasteiger partial charge in [-0.1, -0.05) is 11.6 Å². The van der Waals surface area contributed by atoms with Crippen LogP contribution in [0.25, 0.3) is 11.0 Å². The first-order valence-electron chi connectivity index (χ1n) is 6.98. The van der Waals surface area contributed by atoms with Crippen LogP contribution in [0.5, 0.6) is 0 Å². The fourth-order valence-corrected chi connectivity index (χ4v) is 4.27. The van der Waals surface area contributed by atoms with Crippen LogP contribution in [0.3, 0.4) is 0 Å². The van der Waals surface area contributed by atoms with Gasteiger partial charge < -0.3 is 4.57 Å². The van der Waals surface area contributed by atoms with Crippen LogP contribution in [0.15, 0.2) is 18.2 Å². The fourth-order valence-electron chi connectivity index (χ4n) is 3.15. The molecule has 2 atom stereocenters. The molecule has 3 rings (SSSR count). The standard InChI is InChI=1S/C15H18Cl2N2S/c1-20-12-4-3-11(9-12)19-14-8-10(17)2-5-13(14)18-15(19)6-7-16/h2,5,8,11-12H,3-4,6-7,9H2,1H3. The molecule has 2 aromatic rings. The first-order valence-corrected chi connectivity index (χ1v) is 9.18. The van der Waals surface area contributed by atoms with Gasteiger partial charge in [-0.2, -0.15) is 11.8 Å². The van der Waals surface area contributed by atoms with Crippen LogP contribution in [0.1, 0.15) is 31.1 Å². The van der Waals surface area contributed by atoms with Crippen molar-refractivity contribution in [2.45, 2.75) is 37.0 Å². The van der Waals surface area contributed by atoms with Gasteiger partial charge in [0.25, 0.3) is 0 Å². The molecule has 0 N–H and O–H groups in total. The molecule has 0 bridgehead atoms. The number of rotatable bonds is 4. The largest absolute Gasteiger partial charge is 0.325 e. The van der Waals surface area contributed by atoms with E-state index in [1.807, 2.05) is 30.0 Å². The summed E-state index contributed by atoms with van der Waals surface area (Å²) in [5, 5.41) is 1.54. The lowest BCUT2D eigenvalue weighted by molar-refractivity contribution is 0.514. The summed E-state index contributed by atoms with van der Waals surface area (Å²) in [6.07, 6.45) is 6.74. The van der Waals surface area contributed by atoms with Gasteiger partial charge in [-0.15, -0.1) is 11.6 Å². The number of halogens is 2. The fraction of sp³-hybridized carbons (Fsp3) is 0.533. The van der Waals surface area contributed by atoms with E-state index < -0.39 is 0 Å². The summed E-state index contributed by atoms with van der Waals surface area (Å²) in [5.74, 6) is 1.71. The Hall–Kier alpha value is -0.380. The molecule has 1 aromatic carbocycles. The van der Waals surface area contributed by atoms with E-state index in [4.69, 9.17) is 28.2 Å². The van der Waals surface area contributed by atoms with E-state index >= 15 is 0 Å². The molecule has 1 heterocycles. The van der Waals surface area contributed by atoms with Gasteiger partial charge >= 0.3 is 0 Å². The Morgan fingerprint density at radius 1 is 1.40 bits per heavy atom. The minimum Gasteiger partial charge on any atom is -0.325 e. The number of thioether (sulfide) groups is 1. The van der Waals surface area contributed by atoms with E-state index in [1.165, 1.54) is 19.3 Å². The number of benzene rings is 1. The molecule has 2 nitrogen and oxygen atoms in total. The highest BCUT2D eigenvalue weighted by Crippen LogP contribution is 2.39. The highest BCUT2D eigenvalue weighted by molar-refractivity contribution is 7.99. The highest BCUT2D eigenvalue weighted by Gasteiger charge is 2.28. The summed E-state index contributed by atoms with van der Waals surface area (Å²) in [6.45, 7) is 0. The maximum Gasteiger partial charge on any atom is 0.111 e. The van der Waals surface area contributed by atoms with Gasteiger partial charge in [0.05, 0.1) is 11.0 Å². The van der Waals surface area contributed by atoms with Gasteiger partial charge in [0.1, 0.15) is 5.82 Å². The smallest absolute Gasteiger partial charge is 0.111 e. The number of hydrogen-bond acceptors (Lipinski definition) is 2. The zero-order chi connectivity index (χ0) is 14.1. The van der Waals surface area contributed by atoms with Crippen molar-refractivity contribution in [3.05, 3.63) is 29.0 Å². The lowest BCUT2D eigenvalue weighted by Crippen LogP contribution is -2.11. The van der Waals surface area contributed by atoms with Crippen molar-refractivity contribution in [2.24, 2.45) is 0 Å². The normalized spacial score (nSPS) is 22.8. The number of fused-ring (bicyclic) bond motifs is 1. The number of aromatic nitrogens is 2. The van der Waals surface area contributed by atoms with E-state index in [0.717, 1.165) is 33.6 Å². The van der Waals surface area contributed by atoms with Gasteiger partial charge in [0.2, 0.25) is 0 Å². The van der Waals surface area contributed by atoms with Gasteiger partial charge in [-0.25, -0.2) is 4.98 Å². The van der Waals surface area contributed by atoms with Crippen molar-refractivity contribution in [1.82, 2.24) is 9.55 Å². The van der Waals surface area contributed by atoms with Crippen LogP contribution in [0.4, 0.5) is 0 Å². The average molecular weight is 329 g/mol. The second-order valence-electron chi connectivity index (χ2n) is 5.29. The topological polar surface area (TPSA) is 17.8 Å². The van der Waals surface area contributed by atoms with E-state index in [-0.39, 0.29) is 0 Å². The van der Waals surface area contributed by atoms with Gasteiger partial charge in [0, 0.05) is 28.6 Å². The molecule has 0 aliphatic heterocycles. The summed E-state index contributed by atoms with van der Waals surface area (Å²) in [5.41, 5.74) is 2.19. The van der Waals surface area contributed by atoms with E-state index in [0.29, 0.717) is 11.9 Å². The van der Waals surface area contributed by atoms with Crippen molar-refractivity contribution in [1.29, 1.82) is 0 Å². The van der Waals surface area contributed by atoms with Crippen LogP contribution in [-0.2, 0) is 6.42 Å².